The third kappa shape index (κ3) is 4.30. The Labute approximate surface area is 134 Å². The quantitative estimate of drug-likeness (QED) is 0.496. The molecule has 0 aliphatic heterocycles. The van der Waals surface area contributed by atoms with Gasteiger partial charge in [0, 0.05) is 21.6 Å². The summed E-state index contributed by atoms with van der Waals surface area (Å²) in [6, 6.07) is 8.49. The average molecular weight is 350 g/mol. The standard InChI is InChI=1S/C17H20BrNO2/c1-3-9-20-12-16(13-21-10-4-2)19-8-7-14-11-15(18)5-6-17(14)19/h3-8,11,16H,1-2,9-10,12-13H2. The summed E-state index contributed by atoms with van der Waals surface area (Å²) < 4.78 is 14.5. The zero-order chi connectivity index (χ0) is 15.1. The van der Waals surface area contributed by atoms with Crippen LogP contribution in [0.1, 0.15) is 6.04 Å². The summed E-state index contributed by atoms with van der Waals surface area (Å²) in [5.41, 5.74) is 1.17. The van der Waals surface area contributed by atoms with E-state index in [1.165, 1.54) is 10.9 Å². The molecule has 2 aromatic rings. The predicted molar refractivity (Wildman–Crippen MR) is 90.7 cm³/mol. The Hall–Kier alpha value is -1.36. The molecular formula is C17H20BrNO2. The van der Waals surface area contributed by atoms with Gasteiger partial charge in [0.05, 0.1) is 32.5 Å². The minimum absolute atomic E-state index is 0.128. The molecule has 21 heavy (non-hydrogen) atoms. The Morgan fingerprint density at radius 2 is 1.76 bits per heavy atom. The number of ether oxygens (including phenoxy) is 2. The van der Waals surface area contributed by atoms with E-state index < -0.39 is 0 Å². The Kier molecular flexibility index (Phi) is 6.23. The monoisotopic (exact) mass is 349 g/mol. The second-order valence-corrected chi connectivity index (χ2v) is 5.65. The molecule has 112 valence electrons. The summed E-state index contributed by atoms with van der Waals surface area (Å²) in [7, 11) is 0. The van der Waals surface area contributed by atoms with Crippen LogP contribution in [-0.2, 0) is 9.47 Å². The van der Waals surface area contributed by atoms with Gasteiger partial charge in [0.15, 0.2) is 0 Å². The van der Waals surface area contributed by atoms with Crippen LogP contribution >= 0.6 is 15.9 Å². The van der Waals surface area contributed by atoms with Gasteiger partial charge < -0.3 is 14.0 Å². The topological polar surface area (TPSA) is 23.4 Å². The molecule has 0 aliphatic carbocycles. The lowest BCUT2D eigenvalue weighted by Crippen LogP contribution is -2.20. The predicted octanol–water partition coefficient (Wildman–Crippen LogP) is 4.35. The highest BCUT2D eigenvalue weighted by atomic mass is 79.9. The van der Waals surface area contributed by atoms with Gasteiger partial charge in [-0.05, 0) is 24.3 Å². The van der Waals surface area contributed by atoms with Gasteiger partial charge in [0.2, 0.25) is 0 Å². The first-order valence-electron chi connectivity index (χ1n) is 6.89. The lowest BCUT2D eigenvalue weighted by molar-refractivity contribution is 0.0650. The van der Waals surface area contributed by atoms with E-state index in [1.54, 1.807) is 12.2 Å². The van der Waals surface area contributed by atoms with Crippen molar-refractivity contribution in [2.75, 3.05) is 26.4 Å². The molecule has 3 nitrogen and oxygen atoms in total. The fourth-order valence-corrected chi connectivity index (χ4v) is 2.62. The first-order valence-corrected chi connectivity index (χ1v) is 7.69. The zero-order valence-corrected chi connectivity index (χ0v) is 13.6. The van der Waals surface area contributed by atoms with Crippen LogP contribution < -0.4 is 0 Å². The summed E-state index contributed by atoms with van der Waals surface area (Å²) in [6.07, 6.45) is 5.59. The highest BCUT2D eigenvalue weighted by Crippen LogP contribution is 2.24. The molecule has 0 saturated carbocycles. The van der Waals surface area contributed by atoms with Crippen LogP contribution in [0.15, 0.2) is 60.2 Å². The lowest BCUT2D eigenvalue weighted by Gasteiger charge is -2.20. The molecule has 0 saturated heterocycles. The Morgan fingerprint density at radius 1 is 1.10 bits per heavy atom. The number of nitrogens with zero attached hydrogens (tertiary/aromatic N) is 1. The first-order chi connectivity index (χ1) is 10.3. The maximum absolute atomic E-state index is 5.62. The summed E-state index contributed by atoms with van der Waals surface area (Å²) in [4.78, 5) is 0. The van der Waals surface area contributed by atoms with Gasteiger partial charge >= 0.3 is 0 Å². The summed E-state index contributed by atoms with van der Waals surface area (Å²) in [6.45, 7) is 9.61. The molecule has 0 atom stereocenters. The lowest BCUT2D eigenvalue weighted by atomic mass is 10.2. The Balaban J connectivity index is 2.19. The Bertz CT molecular complexity index is 592. The average Bonchev–Trinajstić information content (AvgIpc) is 2.89. The molecule has 1 heterocycles. The van der Waals surface area contributed by atoms with E-state index in [0.717, 1.165) is 4.47 Å². The van der Waals surface area contributed by atoms with Crippen molar-refractivity contribution >= 4 is 26.8 Å². The van der Waals surface area contributed by atoms with E-state index in [4.69, 9.17) is 9.47 Å². The maximum atomic E-state index is 5.62. The largest absolute Gasteiger partial charge is 0.375 e. The number of rotatable bonds is 9. The van der Waals surface area contributed by atoms with E-state index in [-0.39, 0.29) is 6.04 Å². The fourth-order valence-electron chi connectivity index (χ4n) is 2.24. The number of hydrogen-bond acceptors (Lipinski definition) is 2. The zero-order valence-electron chi connectivity index (χ0n) is 12.0. The third-order valence-electron chi connectivity index (χ3n) is 3.17. The van der Waals surface area contributed by atoms with Crippen molar-refractivity contribution in [2.45, 2.75) is 6.04 Å². The van der Waals surface area contributed by atoms with E-state index in [0.29, 0.717) is 26.4 Å². The van der Waals surface area contributed by atoms with Crippen LogP contribution in [0.5, 0.6) is 0 Å². The Morgan fingerprint density at radius 3 is 2.38 bits per heavy atom. The molecule has 0 spiro atoms. The van der Waals surface area contributed by atoms with Crippen molar-refractivity contribution in [3.8, 4) is 0 Å². The van der Waals surface area contributed by atoms with E-state index >= 15 is 0 Å². The molecule has 0 N–H and O–H groups in total. The fraction of sp³-hybridized carbons (Fsp3) is 0.294. The highest BCUT2D eigenvalue weighted by molar-refractivity contribution is 9.10. The second-order valence-electron chi connectivity index (χ2n) is 4.73. The van der Waals surface area contributed by atoms with Crippen LogP contribution in [0.2, 0.25) is 0 Å². The molecule has 1 aromatic heterocycles. The van der Waals surface area contributed by atoms with Gasteiger partial charge in [-0.15, -0.1) is 13.2 Å². The molecule has 2 rings (SSSR count). The second kappa shape index (κ2) is 8.17. The van der Waals surface area contributed by atoms with Gasteiger partial charge in [-0.2, -0.15) is 0 Å². The molecule has 0 bridgehead atoms. The van der Waals surface area contributed by atoms with Crippen molar-refractivity contribution in [1.29, 1.82) is 0 Å². The number of halogens is 1. The van der Waals surface area contributed by atoms with E-state index in [1.807, 2.05) is 6.07 Å². The first kappa shape index (κ1) is 16.0. The van der Waals surface area contributed by atoms with Crippen molar-refractivity contribution in [3.63, 3.8) is 0 Å². The third-order valence-corrected chi connectivity index (χ3v) is 3.66. The summed E-state index contributed by atoms with van der Waals surface area (Å²) >= 11 is 3.50. The van der Waals surface area contributed by atoms with Crippen LogP contribution in [0.3, 0.4) is 0 Å². The molecule has 0 unspecified atom stereocenters. The van der Waals surface area contributed by atoms with Crippen molar-refractivity contribution < 1.29 is 9.47 Å². The smallest absolute Gasteiger partial charge is 0.0804 e. The van der Waals surface area contributed by atoms with E-state index in [9.17, 15) is 0 Å². The normalized spacial score (nSPS) is 11.1. The molecule has 4 heteroatoms. The number of benzene rings is 1. The van der Waals surface area contributed by atoms with Gasteiger partial charge in [-0.25, -0.2) is 0 Å². The number of fused-ring (bicyclic) bond motifs is 1. The minimum atomic E-state index is 0.128. The molecule has 0 fully saturated rings. The van der Waals surface area contributed by atoms with Gasteiger partial charge in [-0.3, -0.25) is 0 Å². The minimum Gasteiger partial charge on any atom is -0.375 e. The van der Waals surface area contributed by atoms with Crippen LogP contribution in [0.4, 0.5) is 0 Å². The van der Waals surface area contributed by atoms with Crippen LogP contribution in [0, 0.1) is 0 Å². The number of aromatic nitrogens is 1. The molecule has 0 amide bonds. The molecule has 1 aromatic carbocycles. The van der Waals surface area contributed by atoms with Crippen LogP contribution in [0.25, 0.3) is 10.9 Å². The molecule has 0 radical (unpaired) electrons. The highest BCUT2D eigenvalue weighted by Gasteiger charge is 2.14. The van der Waals surface area contributed by atoms with Gasteiger partial charge in [0.25, 0.3) is 0 Å². The van der Waals surface area contributed by atoms with Crippen molar-refractivity contribution in [3.05, 3.63) is 60.2 Å². The maximum Gasteiger partial charge on any atom is 0.0804 e. The van der Waals surface area contributed by atoms with Crippen LogP contribution in [-0.4, -0.2) is 31.0 Å². The van der Waals surface area contributed by atoms with Crippen molar-refractivity contribution in [2.24, 2.45) is 0 Å². The summed E-state index contributed by atoms with van der Waals surface area (Å²) in [5, 5.41) is 1.20. The van der Waals surface area contributed by atoms with Gasteiger partial charge in [-0.1, -0.05) is 28.1 Å². The van der Waals surface area contributed by atoms with Gasteiger partial charge in [0.1, 0.15) is 0 Å². The van der Waals surface area contributed by atoms with E-state index in [2.05, 4.69) is 58.1 Å². The summed E-state index contributed by atoms with van der Waals surface area (Å²) in [5.74, 6) is 0. The van der Waals surface area contributed by atoms with Crippen molar-refractivity contribution in [1.82, 2.24) is 4.57 Å². The molecular weight excluding hydrogens is 330 g/mol. The number of hydrogen-bond donors (Lipinski definition) is 0. The SMILES string of the molecule is C=CCOCC(COCC=C)n1ccc2cc(Br)ccc21. The molecule has 0 aliphatic rings.